The first kappa shape index (κ1) is 15.7. The number of halogens is 1. The van der Waals surface area contributed by atoms with Crippen molar-refractivity contribution in [2.75, 3.05) is 19.6 Å². The summed E-state index contributed by atoms with van der Waals surface area (Å²) in [6.45, 7) is 3.57. The Morgan fingerprint density at radius 1 is 1.12 bits per heavy atom. The van der Waals surface area contributed by atoms with Gasteiger partial charge in [0.25, 0.3) is 0 Å². The molecule has 1 aromatic heterocycles. The molecule has 1 aliphatic heterocycles. The third kappa shape index (κ3) is 3.50. The largest absolute Gasteiger partial charge is 0.361 e. The van der Waals surface area contributed by atoms with Gasteiger partial charge < -0.3 is 9.88 Å². The van der Waals surface area contributed by atoms with Crippen molar-refractivity contribution >= 4 is 22.5 Å². The molecule has 3 aromatic rings. The molecular weight excluding hydrogens is 316 g/mol. The van der Waals surface area contributed by atoms with Gasteiger partial charge in [-0.1, -0.05) is 41.9 Å². The van der Waals surface area contributed by atoms with Crippen molar-refractivity contribution in [3.8, 4) is 0 Å². The number of H-pyrrole nitrogens is 1. The van der Waals surface area contributed by atoms with E-state index in [1.54, 1.807) is 0 Å². The number of aromatic amines is 1. The average molecular weight is 339 g/mol. The van der Waals surface area contributed by atoms with Crippen molar-refractivity contribution < 1.29 is 0 Å². The SMILES string of the molecule is Clc1ccc2[nH]cc(CCN3CCC(Cc4ccccc4)C3)c2c1. The van der Waals surface area contributed by atoms with E-state index in [0.717, 1.165) is 23.9 Å². The minimum absolute atomic E-state index is 0.796. The Bertz CT molecular complexity index is 809. The van der Waals surface area contributed by atoms with Crippen LogP contribution in [0, 0.1) is 5.92 Å². The van der Waals surface area contributed by atoms with Crippen molar-refractivity contribution in [1.29, 1.82) is 0 Å². The lowest BCUT2D eigenvalue weighted by molar-refractivity contribution is 0.328. The molecule has 0 aliphatic carbocycles. The van der Waals surface area contributed by atoms with Gasteiger partial charge in [0.15, 0.2) is 0 Å². The Morgan fingerprint density at radius 2 is 2.00 bits per heavy atom. The highest BCUT2D eigenvalue weighted by Gasteiger charge is 2.22. The zero-order valence-corrected chi connectivity index (χ0v) is 14.6. The van der Waals surface area contributed by atoms with Gasteiger partial charge in [0.05, 0.1) is 0 Å². The van der Waals surface area contributed by atoms with E-state index in [1.807, 2.05) is 6.07 Å². The number of aromatic nitrogens is 1. The van der Waals surface area contributed by atoms with Gasteiger partial charge in [0.1, 0.15) is 0 Å². The standard InChI is InChI=1S/C21H23ClN2/c22-19-6-7-21-20(13-19)18(14-23-21)9-11-24-10-8-17(15-24)12-16-4-2-1-3-5-16/h1-7,13-14,17,23H,8-12,15H2. The summed E-state index contributed by atoms with van der Waals surface area (Å²) < 4.78 is 0. The third-order valence-electron chi connectivity index (χ3n) is 5.16. The normalized spacial score (nSPS) is 18.5. The van der Waals surface area contributed by atoms with Crippen LogP contribution in [0.4, 0.5) is 0 Å². The van der Waals surface area contributed by atoms with Crippen LogP contribution in [0.2, 0.25) is 5.02 Å². The lowest BCUT2D eigenvalue weighted by Crippen LogP contribution is -2.23. The van der Waals surface area contributed by atoms with Gasteiger partial charge >= 0.3 is 0 Å². The second-order valence-electron chi connectivity index (χ2n) is 6.90. The van der Waals surface area contributed by atoms with E-state index >= 15 is 0 Å². The minimum Gasteiger partial charge on any atom is -0.361 e. The zero-order chi connectivity index (χ0) is 16.4. The number of likely N-dealkylation sites (tertiary alicyclic amines) is 1. The summed E-state index contributed by atoms with van der Waals surface area (Å²) >= 11 is 6.15. The lowest BCUT2D eigenvalue weighted by atomic mass is 9.99. The number of benzene rings is 2. The number of nitrogens with one attached hydrogen (secondary N) is 1. The Labute approximate surface area is 148 Å². The van der Waals surface area contributed by atoms with Crippen molar-refractivity contribution in [2.24, 2.45) is 5.92 Å². The topological polar surface area (TPSA) is 19.0 Å². The van der Waals surface area contributed by atoms with E-state index < -0.39 is 0 Å². The van der Waals surface area contributed by atoms with Crippen LogP contribution in [0.15, 0.2) is 54.7 Å². The summed E-state index contributed by atoms with van der Waals surface area (Å²) in [4.78, 5) is 5.96. The summed E-state index contributed by atoms with van der Waals surface area (Å²) in [5, 5.41) is 2.08. The summed E-state index contributed by atoms with van der Waals surface area (Å²) in [5.74, 6) is 0.796. The van der Waals surface area contributed by atoms with Gasteiger partial charge in [-0.25, -0.2) is 0 Å². The second kappa shape index (κ2) is 7.00. The summed E-state index contributed by atoms with van der Waals surface area (Å²) in [6.07, 6.45) is 5.74. The highest BCUT2D eigenvalue weighted by molar-refractivity contribution is 6.31. The molecule has 0 saturated carbocycles. The molecule has 3 heteroatoms. The van der Waals surface area contributed by atoms with Crippen LogP contribution in [0.3, 0.4) is 0 Å². The number of hydrogen-bond acceptors (Lipinski definition) is 1. The van der Waals surface area contributed by atoms with E-state index in [0.29, 0.717) is 0 Å². The van der Waals surface area contributed by atoms with Crippen molar-refractivity contribution in [3.05, 3.63) is 70.9 Å². The Balaban J connectivity index is 1.34. The average Bonchev–Trinajstić information content (AvgIpc) is 3.20. The Hall–Kier alpha value is -1.77. The van der Waals surface area contributed by atoms with Crippen LogP contribution in [0.5, 0.6) is 0 Å². The summed E-state index contributed by atoms with van der Waals surface area (Å²) in [6, 6.07) is 17.0. The number of fused-ring (bicyclic) bond motifs is 1. The highest BCUT2D eigenvalue weighted by atomic mass is 35.5. The molecule has 4 rings (SSSR count). The minimum atomic E-state index is 0.796. The van der Waals surface area contributed by atoms with Crippen LogP contribution < -0.4 is 0 Å². The lowest BCUT2D eigenvalue weighted by Gasteiger charge is -2.16. The molecule has 1 fully saturated rings. The first-order valence-electron chi connectivity index (χ1n) is 8.80. The molecule has 1 aliphatic rings. The van der Waals surface area contributed by atoms with Gasteiger partial charge in [-0.3, -0.25) is 0 Å². The molecule has 0 radical (unpaired) electrons. The zero-order valence-electron chi connectivity index (χ0n) is 13.8. The molecule has 0 spiro atoms. The molecule has 1 saturated heterocycles. The van der Waals surface area contributed by atoms with Crippen molar-refractivity contribution in [2.45, 2.75) is 19.3 Å². The fraction of sp³-hybridized carbons (Fsp3) is 0.333. The number of hydrogen-bond donors (Lipinski definition) is 1. The van der Waals surface area contributed by atoms with Gasteiger partial charge in [0, 0.05) is 35.2 Å². The van der Waals surface area contributed by atoms with Gasteiger partial charge in [-0.2, -0.15) is 0 Å². The van der Waals surface area contributed by atoms with Crippen LogP contribution in [0.1, 0.15) is 17.5 Å². The molecule has 2 heterocycles. The van der Waals surface area contributed by atoms with E-state index in [-0.39, 0.29) is 0 Å². The Morgan fingerprint density at radius 3 is 2.88 bits per heavy atom. The van der Waals surface area contributed by atoms with Gasteiger partial charge in [0.2, 0.25) is 0 Å². The van der Waals surface area contributed by atoms with Gasteiger partial charge in [-0.05, 0) is 61.1 Å². The molecule has 2 aromatic carbocycles. The first-order valence-corrected chi connectivity index (χ1v) is 9.17. The third-order valence-corrected chi connectivity index (χ3v) is 5.40. The van der Waals surface area contributed by atoms with Crippen LogP contribution in [0.25, 0.3) is 10.9 Å². The highest BCUT2D eigenvalue weighted by Crippen LogP contribution is 2.24. The van der Waals surface area contributed by atoms with E-state index in [1.165, 1.54) is 48.0 Å². The maximum atomic E-state index is 6.15. The van der Waals surface area contributed by atoms with Crippen LogP contribution >= 0.6 is 11.6 Å². The van der Waals surface area contributed by atoms with Crippen molar-refractivity contribution in [3.63, 3.8) is 0 Å². The fourth-order valence-electron chi connectivity index (χ4n) is 3.87. The molecule has 0 bridgehead atoms. The molecule has 24 heavy (non-hydrogen) atoms. The molecular formula is C21H23ClN2. The van der Waals surface area contributed by atoms with Crippen molar-refractivity contribution in [1.82, 2.24) is 9.88 Å². The predicted octanol–water partition coefficient (Wildman–Crippen LogP) is 4.93. The summed E-state index contributed by atoms with van der Waals surface area (Å²) in [7, 11) is 0. The maximum absolute atomic E-state index is 6.15. The molecule has 124 valence electrons. The smallest absolute Gasteiger partial charge is 0.0457 e. The quantitative estimate of drug-likeness (QED) is 0.699. The Kier molecular flexibility index (Phi) is 4.59. The number of rotatable bonds is 5. The number of nitrogens with zero attached hydrogens (tertiary/aromatic N) is 1. The van der Waals surface area contributed by atoms with Crippen LogP contribution in [-0.2, 0) is 12.8 Å². The molecule has 2 nitrogen and oxygen atoms in total. The van der Waals surface area contributed by atoms with Gasteiger partial charge in [-0.15, -0.1) is 0 Å². The predicted molar refractivity (Wildman–Crippen MR) is 102 cm³/mol. The van der Waals surface area contributed by atoms with E-state index in [9.17, 15) is 0 Å². The summed E-state index contributed by atoms with van der Waals surface area (Å²) in [5.41, 5.74) is 4.02. The monoisotopic (exact) mass is 338 g/mol. The molecule has 1 N–H and O–H groups in total. The second-order valence-corrected chi connectivity index (χ2v) is 7.34. The fourth-order valence-corrected chi connectivity index (χ4v) is 4.04. The van der Waals surface area contributed by atoms with E-state index in [4.69, 9.17) is 11.6 Å². The van der Waals surface area contributed by atoms with E-state index in [2.05, 4.69) is 58.5 Å². The molecule has 1 atom stereocenters. The molecule has 1 unspecified atom stereocenters. The maximum Gasteiger partial charge on any atom is 0.0457 e. The molecule has 0 amide bonds. The first-order chi connectivity index (χ1) is 11.8. The van der Waals surface area contributed by atoms with Crippen LogP contribution in [-0.4, -0.2) is 29.5 Å².